The normalized spacial score (nSPS) is 41.1. The molecule has 0 aromatic carbocycles. The number of hydrogen-bond acceptors (Lipinski definition) is 10. The second kappa shape index (κ2) is 12.0. The van der Waals surface area contributed by atoms with E-state index in [9.17, 15) is 29.1 Å². The summed E-state index contributed by atoms with van der Waals surface area (Å²) in [7, 11) is 0. The van der Waals surface area contributed by atoms with Gasteiger partial charge in [0.2, 0.25) is 5.91 Å². The zero-order chi connectivity index (χ0) is 35.8. The van der Waals surface area contributed by atoms with E-state index in [4.69, 9.17) is 18.9 Å². The number of nitrogens with zero attached hydrogens (tertiary/aromatic N) is 1. The minimum absolute atomic E-state index is 0.174. The van der Waals surface area contributed by atoms with Crippen molar-refractivity contribution in [3.8, 4) is 0 Å². The maximum atomic E-state index is 14.0. The number of aliphatic hydroxyl groups is 1. The van der Waals surface area contributed by atoms with Crippen LogP contribution in [0, 0.1) is 28.6 Å². The lowest BCUT2D eigenvalue weighted by molar-refractivity contribution is -0.225. The fraction of sp³-hybridized carbons (Fsp3) is 0.658. The lowest BCUT2D eigenvalue weighted by atomic mass is 9.42. The predicted molar refractivity (Wildman–Crippen MR) is 176 cm³/mol. The summed E-state index contributed by atoms with van der Waals surface area (Å²) in [6.07, 6.45) is 6.23. The molecule has 49 heavy (non-hydrogen) atoms. The van der Waals surface area contributed by atoms with Gasteiger partial charge in [-0.05, 0) is 83.9 Å². The van der Waals surface area contributed by atoms with Crippen LogP contribution in [0.3, 0.4) is 0 Å². The summed E-state index contributed by atoms with van der Waals surface area (Å²) in [5, 5.41) is 13.1. The Morgan fingerprint density at radius 1 is 1.08 bits per heavy atom. The van der Waals surface area contributed by atoms with Gasteiger partial charge in [-0.15, -0.1) is 0 Å². The molecule has 1 saturated heterocycles. The number of epoxide rings is 1. The summed E-state index contributed by atoms with van der Waals surface area (Å²) in [5.41, 5.74) is -2.31. The van der Waals surface area contributed by atoms with Crippen molar-refractivity contribution in [2.45, 2.75) is 117 Å². The molecule has 0 aromatic rings. The van der Waals surface area contributed by atoms with E-state index in [1.165, 1.54) is 19.1 Å². The van der Waals surface area contributed by atoms with Gasteiger partial charge in [-0.2, -0.15) is 0 Å². The fourth-order valence-electron chi connectivity index (χ4n) is 10.2. The van der Waals surface area contributed by atoms with E-state index >= 15 is 0 Å². The molecule has 6 rings (SSSR count). The first-order chi connectivity index (χ1) is 23.0. The summed E-state index contributed by atoms with van der Waals surface area (Å²) >= 11 is 0. The lowest BCUT2D eigenvalue weighted by Gasteiger charge is -2.61. The van der Waals surface area contributed by atoms with E-state index < -0.39 is 70.2 Å². The number of hydrogen-bond donors (Lipinski definition) is 1. The third-order valence-corrected chi connectivity index (χ3v) is 13.2. The van der Waals surface area contributed by atoms with Gasteiger partial charge >= 0.3 is 17.9 Å². The minimum atomic E-state index is -1.59. The monoisotopic (exact) mass is 679 g/mol. The molecule has 2 heterocycles. The number of esters is 3. The van der Waals surface area contributed by atoms with Gasteiger partial charge in [-0.3, -0.25) is 14.4 Å². The number of carbonyl (C=O) groups is 5. The van der Waals surface area contributed by atoms with E-state index in [1.807, 2.05) is 47.6 Å². The van der Waals surface area contributed by atoms with E-state index in [-0.39, 0.29) is 23.6 Å². The molecule has 11 atom stereocenters. The molecule has 0 unspecified atom stereocenters. The quantitative estimate of drug-likeness (QED) is 0.132. The van der Waals surface area contributed by atoms with Crippen LogP contribution in [-0.4, -0.2) is 88.3 Å². The lowest BCUT2D eigenvalue weighted by Crippen LogP contribution is -2.70. The molecular formula is C38H49NO10. The Morgan fingerprint density at radius 2 is 1.78 bits per heavy atom. The van der Waals surface area contributed by atoms with Crippen LogP contribution in [0.25, 0.3) is 0 Å². The standard InChI is InChI=1S/C38H49NO10/c1-9-39(10-2)32(42)13-14-33(43)48-29-12-11-28(41)36(8)24-15-16-35(7)25(22(5)27-17-20(3)21(4)34(44)47-27)18-30(46-23(6)40)37(35,45)26(24)19-31-38(29,36)49-31/h11-14,18,22,24,26-27,29-31,45H,9-10,15-17,19H2,1-8H3/b14-13+/t22-,24-,26+,27+,29-,30-,31+,35+,36-,37-,38+/m0/s1. The Kier molecular flexibility index (Phi) is 8.66. The SMILES string of the molecule is CCN(CC)C(=O)/C=C/C(=O)O[C@H]1C=CC(=O)[C@]2(C)[C@H]3CC[C@]4(C)C([C@H](C)[C@H]5CC(C)=C(C)C(=O)O5)=C[C@H](OC(C)=O)[C@@]4(O)[C@@H]3C[C@H]3O[C@]132. The molecule has 6 aliphatic rings. The first-order valence-corrected chi connectivity index (χ1v) is 17.6. The van der Waals surface area contributed by atoms with Gasteiger partial charge in [0.05, 0.1) is 11.5 Å². The average molecular weight is 680 g/mol. The molecule has 0 radical (unpaired) electrons. The summed E-state index contributed by atoms with van der Waals surface area (Å²) in [5.74, 6) is -3.28. The van der Waals surface area contributed by atoms with E-state index in [1.54, 1.807) is 17.9 Å². The number of cyclic esters (lactones) is 1. The van der Waals surface area contributed by atoms with Crippen LogP contribution in [0.15, 0.2) is 47.1 Å². The second-order valence-electron chi connectivity index (χ2n) is 15.2. The van der Waals surface area contributed by atoms with Crippen LogP contribution < -0.4 is 0 Å². The van der Waals surface area contributed by atoms with Gasteiger partial charge in [0.15, 0.2) is 11.9 Å². The Labute approximate surface area is 287 Å². The molecule has 3 fully saturated rings. The Morgan fingerprint density at radius 3 is 2.41 bits per heavy atom. The molecule has 1 N–H and O–H groups in total. The summed E-state index contributed by atoms with van der Waals surface area (Å²) in [6.45, 7) is 15.5. The smallest absolute Gasteiger partial charge is 0.333 e. The van der Waals surface area contributed by atoms with Gasteiger partial charge in [-0.25, -0.2) is 9.59 Å². The molecule has 2 saturated carbocycles. The third kappa shape index (κ3) is 4.93. The van der Waals surface area contributed by atoms with E-state index in [0.717, 1.165) is 17.2 Å². The highest BCUT2D eigenvalue weighted by atomic mass is 16.7. The molecule has 1 spiro atoms. The Hall–Kier alpha value is -3.57. The first-order valence-electron chi connectivity index (χ1n) is 17.6. The van der Waals surface area contributed by atoms with Crippen molar-refractivity contribution in [1.29, 1.82) is 0 Å². The van der Waals surface area contributed by atoms with Crippen LogP contribution in [0.4, 0.5) is 0 Å². The minimum Gasteiger partial charge on any atom is -0.458 e. The van der Waals surface area contributed by atoms with Crippen molar-refractivity contribution in [2.75, 3.05) is 13.1 Å². The van der Waals surface area contributed by atoms with Crippen LogP contribution in [0.2, 0.25) is 0 Å². The van der Waals surface area contributed by atoms with Crippen molar-refractivity contribution in [3.05, 3.63) is 47.1 Å². The molecule has 11 nitrogen and oxygen atoms in total. The van der Waals surface area contributed by atoms with Crippen LogP contribution in [-0.2, 0) is 42.9 Å². The third-order valence-electron chi connectivity index (χ3n) is 13.2. The van der Waals surface area contributed by atoms with Crippen molar-refractivity contribution in [2.24, 2.45) is 28.6 Å². The van der Waals surface area contributed by atoms with Crippen LogP contribution in [0.5, 0.6) is 0 Å². The molecule has 0 bridgehead atoms. The topological polar surface area (TPSA) is 149 Å². The van der Waals surface area contributed by atoms with E-state index in [0.29, 0.717) is 44.3 Å². The van der Waals surface area contributed by atoms with Crippen molar-refractivity contribution >= 4 is 29.6 Å². The molecule has 11 heteroatoms. The van der Waals surface area contributed by atoms with Gasteiger partial charge in [0, 0.05) is 55.5 Å². The first kappa shape index (κ1) is 35.3. The fourth-order valence-corrected chi connectivity index (χ4v) is 10.2. The van der Waals surface area contributed by atoms with Gasteiger partial charge < -0.3 is 29.0 Å². The Balaban J connectivity index is 1.31. The number of carbonyl (C=O) groups excluding carboxylic acids is 5. The van der Waals surface area contributed by atoms with Gasteiger partial charge in [0.25, 0.3) is 0 Å². The largest absolute Gasteiger partial charge is 0.458 e. The highest BCUT2D eigenvalue weighted by Crippen LogP contribution is 2.74. The van der Waals surface area contributed by atoms with Gasteiger partial charge in [0.1, 0.15) is 23.4 Å². The molecule has 266 valence electrons. The number of ketones is 1. The maximum absolute atomic E-state index is 14.0. The Bertz CT molecular complexity index is 1600. The number of allylic oxidation sites excluding steroid dienone is 1. The number of rotatable bonds is 8. The number of ether oxygens (including phenoxy) is 4. The number of fused-ring (bicyclic) bond motifs is 4. The predicted octanol–water partition coefficient (Wildman–Crippen LogP) is 3.93. The van der Waals surface area contributed by atoms with Crippen LogP contribution >= 0.6 is 0 Å². The highest BCUT2D eigenvalue weighted by molar-refractivity contribution is 5.99. The molecule has 0 aromatic heterocycles. The van der Waals surface area contributed by atoms with Crippen molar-refractivity contribution in [3.63, 3.8) is 0 Å². The van der Waals surface area contributed by atoms with Crippen molar-refractivity contribution < 1.29 is 48.0 Å². The van der Waals surface area contributed by atoms with E-state index in [2.05, 4.69) is 0 Å². The maximum Gasteiger partial charge on any atom is 0.333 e. The molecule has 4 aliphatic carbocycles. The zero-order valence-corrected chi connectivity index (χ0v) is 29.7. The highest BCUT2D eigenvalue weighted by Gasteiger charge is 2.83. The number of likely N-dealkylation sites (N-methyl/N-ethyl adjacent to an activating group) is 1. The summed E-state index contributed by atoms with van der Waals surface area (Å²) < 4.78 is 24.1. The second-order valence-corrected chi connectivity index (χ2v) is 15.2. The molecule has 2 aliphatic heterocycles. The summed E-state index contributed by atoms with van der Waals surface area (Å²) in [4.78, 5) is 66.3. The average Bonchev–Trinajstić information content (AvgIpc) is 3.74. The number of amides is 1. The molecular weight excluding hydrogens is 630 g/mol. The van der Waals surface area contributed by atoms with Gasteiger partial charge in [-0.1, -0.05) is 25.0 Å². The van der Waals surface area contributed by atoms with Crippen LogP contribution in [0.1, 0.15) is 81.1 Å². The zero-order valence-electron chi connectivity index (χ0n) is 29.7. The van der Waals surface area contributed by atoms with Crippen molar-refractivity contribution in [1.82, 2.24) is 4.90 Å². The summed E-state index contributed by atoms with van der Waals surface area (Å²) in [6, 6.07) is 0. The molecule has 1 amide bonds.